The molecule has 0 fully saturated rings. The maximum absolute atomic E-state index is 13.6. The van der Waals surface area contributed by atoms with Crippen LogP contribution in [0.4, 0.5) is 19.0 Å². The van der Waals surface area contributed by atoms with E-state index in [1.54, 1.807) is 24.5 Å². The fraction of sp³-hybridized carbons (Fsp3) is 0.150. The molecule has 0 radical (unpaired) electrons. The number of carbonyl (C=O) groups excluding carboxylic acids is 1. The monoisotopic (exact) mass is 386 g/mol. The Hall–Kier alpha value is -3.42. The van der Waals surface area contributed by atoms with Crippen LogP contribution in [0, 0.1) is 0 Å². The van der Waals surface area contributed by atoms with Crippen LogP contribution >= 0.6 is 0 Å². The zero-order chi connectivity index (χ0) is 20.1. The van der Waals surface area contributed by atoms with Crippen LogP contribution in [0.1, 0.15) is 21.5 Å². The molecule has 0 aliphatic rings. The van der Waals surface area contributed by atoms with Crippen molar-refractivity contribution in [2.75, 3.05) is 11.9 Å². The highest BCUT2D eigenvalue weighted by Crippen LogP contribution is 2.39. The van der Waals surface area contributed by atoms with Crippen molar-refractivity contribution in [3.05, 3.63) is 77.7 Å². The third-order valence-electron chi connectivity index (χ3n) is 4.14. The van der Waals surface area contributed by atoms with E-state index < -0.39 is 17.6 Å². The molecule has 144 valence electrons. The van der Waals surface area contributed by atoms with Gasteiger partial charge in [-0.15, -0.1) is 0 Å². The number of benzene rings is 1. The van der Waals surface area contributed by atoms with Crippen molar-refractivity contribution in [1.82, 2.24) is 9.97 Å². The Kier molecular flexibility index (Phi) is 5.58. The van der Waals surface area contributed by atoms with Gasteiger partial charge in [-0.25, -0.2) is 4.98 Å². The summed E-state index contributed by atoms with van der Waals surface area (Å²) in [5, 5.41) is 3.08. The Bertz CT molecular complexity index is 975. The van der Waals surface area contributed by atoms with Crippen LogP contribution in [0.3, 0.4) is 0 Å². The fourth-order valence-corrected chi connectivity index (χ4v) is 2.80. The molecule has 3 N–H and O–H groups in total. The van der Waals surface area contributed by atoms with Crippen LogP contribution in [-0.4, -0.2) is 22.4 Å². The van der Waals surface area contributed by atoms with E-state index in [1.165, 1.54) is 18.3 Å². The lowest BCUT2D eigenvalue weighted by molar-refractivity contribution is -0.137. The summed E-state index contributed by atoms with van der Waals surface area (Å²) in [6, 6.07) is 10.1. The van der Waals surface area contributed by atoms with Gasteiger partial charge in [0, 0.05) is 36.3 Å². The van der Waals surface area contributed by atoms with Crippen molar-refractivity contribution in [2.45, 2.75) is 12.6 Å². The van der Waals surface area contributed by atoms with E-state index in [1.807, 2.05) is 12.1 Å². The highest BCUT2D eigenvalue weighted by Gasteiger charge is 2.35. The van der Waals surface area contributed by atoms with Crippen LogP contribution in [-0.2, 0) is 12.6 Å². The predicted molar refractivity (Wildman–Crippen MR) is 99.6 cm³/mol. The van der Waals surface area contributed by atoms with E-state index in [4.69, 9.17) is 5.73 Å². The van der Waals surface area contributed by atoms with E-state index >= 15 is 0 Å². The molecule has 8 heteroatoms. The van der Waals surface area contributed by atoms with Gasteiger partial charge in [-0.1, -0.05) is 12.1 Å². The quantitative estimate of drug-likeness (QED) is 0.673. The number of carbonyl (C=O) groups is 1. The average molecular weight is 386 g/mol. The molecule has 1 aromatic carbocycles. The first kappa shape index (κ1) is 19.3. The number of halogens is 3. The van der Waals surface area contributed by atoms with Crippen LogP contribution in [0.15, 0.2) is 61.1 Å². The second-order valence-electron chi connectivity index (χ2n) is 6.06. The van der Waals surface area contributed by atoms with Crippen molar-refractivity contribution in [2.24, 2.45) is 5.73 Å². The molecule has 3 aromatic rings. The summed E-state index contributed by atoms with van der Waals surface area (Å²) >= 11 is 0. The molecule has 5 nitrogen and oxygen atoms in total. The van der Waals surface area contributed by atoms with Crippen molar-refractivity contribution in [3.63, 3.8) is 0 Å². The van der Waals surface area contributed by atoms with E-state index in [0.717, 1.165) is 11.6 Å². The molecule has 2 aromatic heterocycles. The Morgan fingerprint density at radius 2 is 1.86 bits per heavy atom. The van der Waals surface area contributed by atoms with Gasteiger partial charge < -0.3 is 11.1 Å². The van der Waals surface area contributed by atoms with Gasteiger partial charge in [-0.2, -0.15) is 13.2 Å². The molecule has 0 aliphatic heterocycles. The van der Waals surface area contributed by atoms with Gasteiger partial charge in [0.05, 0.1) is 5.56 Å². The second-order valence-corrected chi connectivity index (χ2v) is 6.06. The van der Waals surface area contributed by atoms with E-state index in [-0.39, 0.29) is 16.7 Å². The lowest BCUT2D eigenvalue weighted by atomic mass is 9.97. The largest absolute Gasteiger partial charge is 0.417 e. The van der Waals surface area contributed by atoms with Gasteiger partial charge in [-0.3, -0.25) is 9.78 Å². The second kappa shape index (κ2) is 8.08. The molecule has 0 saturated carbocycles. The highest BCUT2D eigenvalue weighted by atomic mass is 19.4. The molecule has 3 rings (SSSR count). The first-order valence-electron chi connectivity index (χ1n) is 8.45. The Morgan fingerprint density at radius 1 is 1.07 bits per heavy atom. The number of aromatic nitrogens is 2. The van der Waals surface area contributed by atoms with Crippen molar-refractivity contribution in [3.8, 4) is 11.1 Å². The molecule has 2 heterocycles. The number of amides is 1. The smallest absolute Gasteiger partial charge is 0.369 e. The van der Waals surface area contributed by atoms with Crippen molar-refractivity contribution < 1.29 is 18.0 Å². The SMILES string of the molecule is NC(=O)c1ccc(-c2cccnc2NCCc2cccnc2)c(C(F)(F)F)c1. The highest BCUT2D eigenvalue weighted by molar-refractivity contribution is 5.94. The summed E-state index contributed by atoms with van der Waals surface area (Å²) in [4.78, 5) is 19.5. The number of nitrogens with zero attached hydrogens (tertiary/aromatic N) is 2. The van der Waals surface area contributed by atoms with E-state index in [2.05, 4.69) is 15.3 Å². The first-order chi connectivity index (χ1) is 13.4. The molecule has 0 saturated heterocycles. The topological polar surface area (TPSA) is 80.9 Å². The standard InChI is InChI=1S/C20H17F3N4O/c21-20(22,23)17-11-14(18(24)28)5-6-15(17)16-4-2-9-26-19(16)27-10-7-13-3-1-8-25-12-13/h1-6,8-9,11-12H,7,10H2,(H2,24,28)(H,26,27). The number of hydrogen-bond acceptors (Lipinski definition) is 4. The number of primary amides is 1. The summed E-state index contributed by atoms with van der Waals surface area (Å²) < 4.78 is 40.7. The minimum absolute atomic E-state index is 0.0746. The Labute approximate surface area is 159 Å². The maximum atomic E-state index is 13.6. The Morgan fingerprint density at radius 3 is 2.54 bits per heavy atom. The normalized spacial score (nSPS) is 11.2. The Balaban J connectivity index is 1.93. The number of nitrogens with two attached hydrogens (primary N) is 1. The predicted octanol–water partition coefficient (Wildman–Crippen LogP) is 3.92. The van der Waals surface area contributed by atoms with Crippen LogP contribution in [0.25, 0.3) is 11.1 Å². The summed E-state index contributed by atoms with van der Waals surface area (Å²) in [7, 11) is 0. The van der Waals surface area contributed by atoms with Gasteiger partial charge in [0.1, 0.15) is 5.82 Å². The molecule has 0 aliphatic carbocycles. The minimum Gasteiger partial charge on any atom is -0.369 e. The zero-order valence-electron chi connectivity index (χ0n) is 14.7. The molecule has 0 spiro atoms. The molecule has 28 heavy (non-hydrogen) atoms. The number of nitrogens with one attached hydrogen (secondary N) is 1. The first-order valence-corrected chi connectivity index (χ1v) is 8.45. The van der Waals surface area contributed by atoms with Crippen LogP contribution in [0.2, 0.25) is 0 Å². The zero-order valence-corrected chi connectivity index (χ0v) is 14.7. The fourth-order valence-electron chi connectivity index (χ4n) is 2.80. The minimum atomic E-state index is -4.65. The average Bonchev–Trinajstić information content (AvgIpc) is 2.68. The summed E-state index contributed by atoms with van der Waals surface area (Å²) in [5.74, 6) is -0.596. The van der Waals surface area contributed by atoms with Crippen molar-refractivity contribution >= 4 is 11.7 Å². The number of rotatable bonds is 6. The van der Waals surface area contributed by atoms with Gasteiger partial charge in [0.25, 0.3) is 0 Å². The summed E-state index contributed by atoms with van der Waals surface area (Å²) in [6.07, 6.45) is 0.884. The molecule has 1 amide bonds. The van der Waals surface area contributed by atoms with E-state index in [0.29, 0.717) is 18.8 Å². The number of anilines is 1. The molecule has 0 atom stereocenters. The number of hydrogen-bond donors (Lipinski definition) is 2. The molecule has 0 unspecified atom stereocenters. The van der Waals surface area contributed by atoms with Crippen molar-refractivity contribution in [1.29, 1.82) is 0 Å². The molecular formula is C20H17F3N4O. The number of alkyl halides is 3. The van der Waals surface area contributed by atoms with Crippen LogP contribution < -0.4 is 11.1 Å². The van der Waals surface area contributed by atoms with Gasteiger partial charge in [0.2, 0.25) is 5.91 Å². The maximum Gasteiger partial charge on any atom is 0.417 e. The summed E-state index contributed by atoms with van der Waals surface area (Å²) in [6.45, 7) is 0.469. The molecule has 0 bridgehead atoms. The van der Waals surface area contributed by atoms with E-state index in [9.17, 15) is 18.0 Å². The molecular weight excluding hydrogens is 369 g/mol. The van der Waals surface area contributed by atoms with Gasteiger partial charge >= 0.3 is 6.18 Å². The third kappa shape index (κ3) is 4.46. The third-order valence-corrected chi connectivity index (χ3v) is 4.14. The number of pyridine rings is 2. The van der Waals surface area contributed by atoms with Gasteiger partial charge in [-0.05, 0) is 47.9 Å². The lowest BCUT2D eigenvalue weighted by Crippen LogP contribution is -2.15. The van der Waals surface area contributed by atoms with Gasteiger partial charge in [0.15, 0.2) is 0 Å². The van der Waals surface area contributed by atoms with Crippen LogP contribution in [0.5, 0.6) is 0 Å². The summed E-state index contributed by atoms with van der Waals surface area (Å²) in [5.41, 5.74) is 5.20. The lowest BCUT2D eigenvalue weighted by Gasteiger charge is -2.17.